The molecule has 6 aromatic rings. The second-order valence-electron chi connectivity index (χ2n) is 29.1. The van der Waals surface area contributed by atoms with Crippen molar-refractivity contribution in [2.24, 2.45) is 11.8 Å². The van der Waals surface area contributed by atoms with Crippen molar-refractivity contribution in [2.45, 2.75) is 179 Å². The smallest absolute Gasteiger partial charge is 0.410 e. The maximum absolute atomic E-state index is 13.3. The first-order valence-electron chi connectivity index (χ1n) is 34.7. The average molecular weight is 1310 g/mol. The number of benzene rings is 6. The Hall–Kier alpha value is -7.93. The van der Waals surface area contributed by atoms with Crippen molar-refractivity contribution in [3.8, 4) is 0 Å². The van der Waals surface area contributed by atoms with E-state index in [9.17, 15) is 24.0 Å². The van der Waals surface area contributed by atoms with E-state index in [1.807, 2.05) is 124 Å². The Bertz CT molecular complexity index is 3450. The predicted molar refractivity (Wildman–Crippen MR) is 373 cm³/mol. The summed E-state index contributed by atoms with van der Waals surface area (Å²) in [6.45, 7) is 20.1. The molecule has 6 aromatic carbocycles. The molecule has 0 spiro atoms. The van der Waals surface area contributed by atoms with Gasteiger partial charge in [0.15, 0.2) is 0 Å². The van der Waals surface area contributed by atoms with Gasteiger partial charge >= 0.3 is 18.2 Å². The lowest BCUT2D eigenvalue weighted by Crippen LogP contribution is -2.50. The van der Waals surface area contributed by atoms with Crippen LogP contribution in [0.4, 0.5) is 9.59 Å². The Balaban J connectivity index is 0.000000158. The molecule has 17 heteroatoms. The number of aromatic carboxylic acids is 1. The molecule has 6 aliphatic rings. The molecule has 3 aliphatic heterocycles. The number of hydroxylamine groups is 2. The lowest BCUT2D eigenvalue weighted by molar-refractivity contribution is 0.00386. The number of nitrogens with zero attached hydrogens (tertiary/aromatic N) is 5. The third-order valence-corrected chi connectivity index (χ3v) is 19.5. The molecule has 0 radical (unpaired) electrons. The van der Waals surface area contributed by atoms with Crippen LogP contribution in [-0.2, 0) is 38.8 Å². The van der Waals surface area contributed by atoms with E-state index in [-0.39, 0.29) is 48.2 Å². The number of likely N-dealkylation sites (tertiary alicyclic amines) is 3. The summed E-state index contributed by atoms with van der Waals surface area (Å²) in [7, 11) is 2.87. The van der Waals surface area contributed by atoms with E-state index < -0.39 is 17.2 Å². The highest BCUT2D eigenvalue weighted by Gasteiger charge is 2.50. The van der Waals surface area contributed by atoms with Crippen LogP contribution in [0.15, 0.2) is 164 Å². The Morgan fingerprint density at radius 2 is 0.760 bits per heavy atom. The summed E-state index contributed by atoms with van der Waals surface area (Å²) in [4.78, 5) is 81.9. The van der Waals surface area contributed by atoms with E-state index in [0.717, 1.165) is 113 Å². The number of hydrogen-bond acceptors (Lipinski definition) is 12. The molecule has 12 rings (SSSR count). The van der Waals surface area contributed by atoms with E-state index in [1.165, 1.54) is 75.2 Å². The van der Waals surface area contributed by atoms with Crippen molar-refractivity contribution in [3.05, 3.63) is 214 Å². The van der Waals surface area contributed by atoms with Gasteiger partial charge in [0.25, 0.3) is 11.8 Å². The van der Waals surface area contributed by atoms with Crippen LogP contribution in [0.2, 0.25) is 0 Å². The fourth-order valence-electron chi connectivity index (χ4n) is 14.3. The second-order valence-corrected chi connectivity index (χ2v) is 29.1. The van der Waals surface area contributed by atoms with E-state index in [4.69, 9.17) is 19.4 Å². The first-order chi connectivity index (χ1) is 46.2. The van der Waals surface area contributed by atoms with Gasteiger partial charge in [0.1, 0.15) is 11.2 Å². The number of carboxylic acids is 1. The van der Waals surface area contributed by atoms with E-state index in [0.29, 0.717) is 28.5 Å². The van der Waals surface area contributed by atoms with Gasteiger partial charge in [0, 0.05) is 92.9 Å². The highest BCUT2D eigenvalue weighted by molar-refractivity contribution is 5.94. The maximum atomic E-state index is 13.3. The molecule has 96 heavy (non-hydrogen) atoms. The minimum absolute atomic E-state index is 0.171. The van der Waals surface area contributed by atoms with Gasteiger partial charge in [-0.05, 0) is 206 Å². The highest BCUT2D eigenvalue weighted by atomic mass is 16.6. The summed E-state index contributed by atoms with van der Waals surface area (Å²) in [5.41, 5.74) is 12.8. The van der Waals surface area contributed by atoms with E-state index in [2.05, 4.69) is 109 Å². The topological polar surface area (TPSA) is 183 Å². The normalized spacial score (nSPS) is 21.6. The zero-order chi connectivity index (χ0) is 67.9. The quantitative estimate of drug-likeness (QED) is 0.0615. The Morgan fingerprint density at radius 1 is 0.438 bits per heavy atom. The molecule has 3 saturated heterocycles. The van der Waals surface area contributed by atoms with Gasteiger partial charge in [-0.2, -0.15) is 0 Å². The Kier molecular flexibility index (Phi) is 24.3. The van der Waals surface area contributed by atoms with Crippen molar-refractivity contribution in [3.63, 3.8) is 0 Å². The molecular formula is C79H101N7O10. The summed E-state index contributed by atoms with van der Waals surface area (Å²) in [6.07, 6.45) is 10.7. The van der Waals surface area contributed by atoms with Gasteiger partial charge in [-0.1, -0.05) is 127 Å². The van der Waals surface area contributed by atoms with Gasteiger partial charge in [-0.15, -0.1) is 0 Å². The zero-order valence-corrected chi connectivity index (χ0v) is 57.6. The van der Waals surface area contributed by atoms with Crippen molar-refractivity contribution < 1.29 is 48.2 Å². The van der Waals surface area contributed by atoms with Gasteiger partial charge < -0.3 is 24.4 Å². The number of amides is 4. The lowest BCUT2D eigenvalue weighted by Gasteiger charge is -2.39. The monoisotopic (exact) mass is 1310 g/mol. The SMILES string of the molecule is CC(C)(C)OC(=O)N(C1CCN(Cc2ccc(C(=O)O)cc2)CC1)[C@@H]1C[C@H]1c1ccccc1.CONC(=O)c1ccc(CN2CCC(C[C@@H]3C[C@H]3c3ccccc3)CC2)cc1.CONC(=O)c1ccc(CN2CCC(N(C(=O)OC(C)(C)C)[C@@H]3C[C@H]3c3ccccc3)CC2)cc1. The summed E-state index contributed by atoms with van der Waals surface area (Å²) in [6, 6.07) is 55.2. The van der Waals surface area contributed by atoms with E-state index >= 15 is 0 Å². The molecule has 4 amide bonds. The average Bonchev–Trinajstić information content (AvgIpc) is 1.62. The van der Waals surface area contributed by atoms with Gasteiger partial charge in [0.2, 0.25) is 0 Å². The minimum atomic E-state index is -0.904. The van der Waals surface area contributed by atoms with Crippen LogP contribution in [-0.4, -0.2) is 148 Å². The van der Waals surface area contributed by atoms with Crippen LogP contribution in [0.3, 0.4) is 0 Å². The molecule has 3 aliphatic carbocycles. The number of carbonyl (C=O) groups is 5. The van der Waals surface area contributed by atoms with Gasteiger partial charge in [0.05, 0.1) is 19.8 Å². The third-order valence-electron chi connectivity index (χ3n) is 19.5. The fraction of sp³-hybridized carbons (Fsp3) is 0.481. The van der Waals surface area contributed by atoms with Crippen molar-refractivity contribution >= 4 is 30.0 Å². The summed E-state index contributed by atoms with van der Waals surface area (Å²) in [5.74, 6) is 2.01. The van der Waals surface area contributed by atoms with Crippen LogP contribution in [0, 0.1) is 11.8 Å². The van der Waals surface area contributed by atoms with Crippen molar-refractivity contribution in [1.82, 2.24) is 35.5 Å². The third kappa shape index (κ3) is 20.6. The van der Waals surface area contributed by atoms with Crippen molar-refractivity contribution in [2.75, 3.05) is 53.5 Å². The van der Waals surface area contributed by atoms with Gasteiger partial charge in [-0.3, -0.25) is 34.0 Å². The molecular weight excluding hydrogens is 1210 g/mol. The lowest BCUT2D eigenvalue weighted by atomic mass is 9.90. The first-order valence-corrected chi connectivity index (χ1v) is 34.7. The molecule has 0 bridgehead atoms. The molecule has 6 fully saturated rings. The zero-order valence-electron chi connectivity index (χ0n) is 57.6. The van der Waals surface area contributed by atoms with Crippen LogP contribution in [0.5, 0.6) is 0 Å². The number of carboxylic acid groups (broad SMARTS) is 1. The molecule has 3 heterocycles. The van der Waals surface area contributed by atoms with Crippen molar-refractivity contribution in [1.29, 1.82) is 0 Å². The predicted octanol–water partition coefficient (Wildman–Crippen LogP) is 14.3. The minimum Gasteiger partial charge on any atom is -0.478 e. The molecule has 6 atom stereocenters. The number of piperidine rings is 3. The Morgan fingerprint density at radius 3 is 1.08 bits per heavy atom. The summed E-state index contributed by atoms with van der Waals surface area (Å²) >= 11 is 0. The van der Waals surface area contributed by atoms with E-state index in [1.54, 1.807) is 12.1 Å². The second kappa shape index (κ2) is 32.9. The first kappa shape index (κ1) is 70.9. The fourth-order valence-corrected chi connectivity index (χ4v) is 14.3. The summed E-state index contributed by atoms with van der Waals surface area (Å²) < 4.78 is 11.7. The maximum Gasteiger partial charge on any atom is 0.410 e. The van der Waals surface area contributed by atoms with Gasteiger partial charge in [-0.25, -0.2) is 25.3 Å². The number of rotatable bonds is 20. The number of carbonyl (C=O) groups excluding carboxylic acids is 4. The summed E-state index contributed by atoms with van der Waals surface area (Å²) in [5, 5.41) is 9.08. The molecule has 512 valence electrons. The van der Waals surface area contributed by atoms with Crippen LogP contribution in [0.1, 0.15) is 188 Å². The Labute approximate surface area is 568 Å². The standard InChI is InChI=1S/C28H37N3O4.C27H34N2O4.C24H30N2O2/c1-28(2,3)35-27(33)31(25-18-24(25)21-8-6-5-7-9-21)23-14-16-30(17-15-23)19-20-10-12-22(13-11-20)26(32)29-34-4;1-27(2,3)33-26(32)29(24-17-23(24)20-7-5-4-6-8-20)22-13-15-28(16-14-22)18-19-9-11-21(12-10-19)25(30)31;1-28-25-24(27)21-9-7-19(8-10-21)17-26-13-11-18(12-14-26)15-22-16-23(22)20-5-3-2-4-6-20/h5-13,23-25H,14-19H2,1-4H3,(H,29,32);4-12,22-24H,13-18H2,1-3H3,(H,30,31);2-10,18,22-23H,11-17H2,1H3,(H,25,27)/t24-,25+;23-,24+;22-,23+/m001/s1. The molecule has 17 nitrogen and oxygen atoms in total. The molecule has 0 aromatic heterocycles. The van der Waals surface area contributed by atoms with Crippen LogP contribution in [0.25, 0.3) is 0 Å². The van der Waals surface area contributed by atoms with Crippen LogP contribution >= 0.6 is 0 Å². The molecule has 3 saturated carbocycles. The number of nitrogens with one attached hydrogen (secondary N) is 2. The van der Waals surface area contributed by atoms with Crippen LogP contribution < -0.4 is 11.0 Å². The number of ether oxygens (including phenoxy) is 2. The highest BCUT2D eigenvalue weighted by Crippen LogP contribution is 2.52. The largest absolute Gasteiger partial charge is 0.478 e. The molecule has 3 N–H and O–H groups in total. The molecule has 0 unspecified atom stereocenters. The number of hydrogen-bond donors (Lipinski definition) is 3.